The Kier molecular flexibility index (Phi) is 4.10. The second kappa shape index (κ2) is 6.26. The molecule has 0 N–H and O–H groups in total. The monoisotopic (exact) mass is 381 g/mol. The fourth-order valence-electron chi connectivity index (χ4n) is 3.85. The molecular formula is C22H23NO5. The van der Waals surface area contributed by atoms with Gasteiger partial charge in [0.05, 0.1) is 18.7 Å². The molecule has 2 heterocycles. The van der Waals surface area contributed by atoms with Crippen molar-refractivity contribution in [1.29, 1.82) is 0 Å². The minimum Gasteiger partial charge on any atom is -0.496 e. The zero-order chi connectivity index (χ0) is 20.1. The third-order valence-corrected chi connectivity index (χ3v) is 5.07. The zero-order valence-corrected chi connectivity index (χ0v) is 16.4. The van der Waals surface area contributed by atoms with E-state index in [1.165, 1.54) is 4.90 Å². The predicted molar refractivity (Wildman–Crippen MR) is 103 cm³/mol. The van der Waals surface area contributed by atoms with Gasteiger partial charge in [-0.15, -0.1) is 0 Å². The maximum absolute atomic E-state index is 13.5. The summed E-state index contributed by atoms with van der Waals surface area (Å²) in [5, 5.41) is 0. The lowest BCUT2D eigenvalue weighted by Crippen LogP contribution is -2.42. The molecule has 2 aromatic carbocycles. The molecule has 0 saturated carbocycles. The molecule has 28 heavy (non-hydrogen) atoms. The van der Waals surface area contributed by atoms with Crippen LogP contribution in [0.3, 0.4) is 0 Å². The first kappa shape index (κ1) is 18.3. The number of Topliss-reactive ketones (excluding diaryl/α,β-unsaturated/α-hetero) is 1. The number of hydrogen-bond donors (Lipinski definition) is 0. The number of nitrogens with zero attached hydrogens (tertiary/aromatic N) is 1. The Morgan fingerprint density at radius 3 is 2.54 bits per heavy atom. The normalized spacial score (nSPS) is 23.1. The Morgan fingerprint density at radius 2 is 1.82 bits per heavy atom. The number of carbonyl (C=O) groups excluding carboxylic acids is 2. The Labute approximate surface area is 164 Å². The van der Waals surface area contributed by atoms with E-state index in [1.54, 1.807) is 46.1 Å². The van der Waals surface area contributed by atoms with Crippen molar-refractivity contribution >= 4 is 11.9 Å². The number of amides is 1. The Balaban J connectivity index is 1.80. The topological polar surface area (TPSA) is 64.8 Å². The molecule has 1 saturated heterocycles. The van der Waals surface area contributed by atoms with E-state index in [4.69, 9.17) is 14.2 Å². The first-order valence-corrected chi connectivity index (χ1v) is 9.21. The summed E-state index contributed by atoms with van der Waals surface area (Å²) in [6, 6.07) is 14.0. The Morgan fingerprint density at radius 1 is 1.14 bits per heavy atom. The Hall–Kier alpha value is -3.02. The molecule has 0 bridgehead atoms. The third-order valence-electron chi connectivity index (χ3n) is 5.07. The van der Waals surface area contributed by atoms with E-state index in [0.717, 1.165) is 5.56 Å². The molecular weight excluding hydrogens is 358 g/mol. The smallest absolute Gasteiger partial charge is 0.411 e. The third kappa shape index (κ3) is 2.71. The highest BCUT2D eigenvalue weighted by atomic mass is 16.6. The summed E-state index contributed by atoms with van der Waals surface area (Å²) in [5.41, 5.74) is -0.583. The van der Waals surface area contributed by atoms with Crippen molar-refractivity contribution < 1.29 is 23.8 Å². The molecule has 0 aromatic heterocycles. The van der Waals surface area contributed by atoms with E-state index in [2.05, 4.69) is 0 Å². The number of carbonyl (C=O) groups is 2. The van der Waals surface area contributed by atoms with Crippen LogP contribution in [-0.2, 0) is 4.74 Å². The molecule has 2 aromatic rings. The molecule has 6 nitrogen and oxygen atoms in total. The number of benzene rings is 2. The highest BCUT2D eigenvalue weighted by Crippen LogP contribution is 2.59. The van der Waals surface area contributed by atoms with Crippen LogP contribution in [0.2, 0.25) is 0 Å². The summed E-state index contributed by atoms with van der Waals surface area (Å²) in [5.74, 6) is 1.01. The van der Waals surface area contributed by atoms with Crippen molar-refractivity contribution in [3.63, 3.8) is 0 Å². The van der Waals surface area contributed by atoms with E-state index in [1.807, 2.05) is 30.3 Å². The highest BCUT2D eigenvalue weighted by molar-refractivity contribution is 6.11. The molecule has 0 aliphatic carbocycles. The van der Waals surface area contributed by atoms with Gasteiger partial charge in [0.1, 0.15) is 23.7 Å². The van der Waals surface area contributed by atoms with Crippen LogP contribution in [0.25, 0.3) is 0 Å². The van der Waals surface area contributed by atoms with Crippen LogP contribution in [0, 0.1) is 0 Å². The van der Waals surface area contributed by atoms with Crippen molar-refractivity contribution in [2.75, 3.05) is 13.7 Å². The second-order valence-corrected chi connectivity index (χ2v) is 8.03. The van der Waals surface area contributed by atoms with E-state index >= 15 is 0 Å². The van der Waals surface area contributed by atoms with Gasteiger partial charge in [0.25, 0.3) is 0 Å². The molecule has 1 spiro atoms. The van der Waals surface area contributed by atoms with Crippen LogP contribution in [0.15, 0.2) is 48.5 Å². The lowest BCUT2D eigenvalue weighted by molar-refractivity contribution is 0.0334. The molecule has 2 aliphatic heterocycles. The first-order valence-electron chi connectivity index (χ1n) is 9.21. The predicted octanol–water partition coefficient (Wildman–Crippen LogP) is 4.00. The van der Waals surface area contributed by atoms with Crippen molar-refractivity contribution in [2.24, 2.45) is 0 Å². The molecule has 0 radical (unpaired) electrons. The maximum Gasteiger partial charge on any atom is 0.411 e. The molecule has 4 rings (SSSR count). The molecule has 2 aliphatic rings. The first-order chi connectivity index (χ1) is 13.3. The van der Waals surface area contributed by atoms with Crippen molar-refractivity contribution in [3.05, 3.63) is 59.7 Å². The van der Waals surface area contributed by atoms with E-state index in [9.17, 15) is 9.59 Å². The molecule has 1 fully saturated rings. The molecule has 6 heteroatoms. The van der Waals surface area contributed by atoms with Crippen LogP contribution >= 0.6 is 0 Å². The van der Waals surface area contributed by atoms with Crippen LogP contribution in [0.1, 0.15) is 42.7 Å². The van der Waals surface area contributed by atoms with Gasteiger partial charge in [-0.1, -0.05) is 30.3 Å². The van der Waals surface area contributed by atoms with Gasteiger partial charge in [-0.05, 0) is 39.0 Å². The summed E-state index contributed by atoms with van der Waals surface area (Å²) in [4.78, 5) is 28.0. The average Bonchev–Trinajstić information content (AvgIpc) is 3.33. The SMILES string of the molecule is COc1ccccc1[C@H]1N(C(=O)OC(C)(C)C)[C@@]12COc1ccccc1C2=O. The Bertz CT molecular complexity index is 948. The summed E-state index contributed by atoms with van der Waals surface area (Å²) in [7, 11) is 1.57. The number of ether oxygens (including phenoxy) is 3. The fourth-order valence-corrected chi connectivity index (χ4v) is 3.85. The van der Waals surface area contributed by atoms with Crippen LogP contribution < -0.4 is 9.47 Å². The average molecular weight is 381 g/mol. The van der Waals surface area contributed by atoms with Crippen LogP contribution in [-0.4, -0.2) is 41.6 Å². The summed E-state index contributed by atoms with van der Waals surface area (Å²) < 4.78 is 17.0. The van der Waals surface area contributed by atoms with Gasteiger partial charge in [-0.2, -0.15) is 0 Å². The van der Waals surface area contributed by atoms with Crippen molar-refractivity contribution in [1.82, 2.24) is 4.90 Å². The van der Waals surface area contributed by atoms with Crippen LogP contribution in [0.4, 0.5) is 4.79 Å². The van der Waals surface area contributed by atoms with E-state index < -0.39 is 23.3 Å². The number of ketones is 1. The van der Waals surface area contributed by atoms with Gasteiger partial charge >= 0.3 is 6.09 Å². The standard InChI is InChI=1S/C22H23NO5/c1-21(2,3)28-20(25)23-18(14-9-5-7-11-16(14)26-4)22(23)13-27-17-12-8-6-10-15(17)19(22)24/h5-12,18H,13H2,1-4H3/t18-,22+,23?/m1/s1. The van der Waals surface area contributed by atoms with Gasteiger partial charge in [0, 0.05) is 5.56 Å². The molecule has 0 unspecified atom stereocenters. The van der Waals surface area contributed by atoms with Gasteiger partial charge in [0.15, 0.2) is 11.3 Å². The minimum atomic E-state index is -1.13. The maximum atomic E-state index is 13.5. The summed E-state index contributed by atoms with van der Waals surface area (Å²) in [6.07, 6.45) is -0.542. The quantitative estimate of drug-likeness (QED) is 0.736. The number of rotatable bonds is 2. The zero-order valence-electron chi connectivity index (χ0n) is 16.4. The van der Waals surface area contributed by atoms with E-state index in [0.29, 0.717) is 17.1 Å². The van der Waals surface area contributed by atoms with Crippen LogP contribution in [0.5, 0.6) is 11.5 Å². The van der Waals surface area contributed by atoms with Gasteiger partial charge in [-0.25, -0.2) is 4.79 Å². The van der Waals surface area contributed by atoms with E-state index in [-0.39, 0.29) is 12.4 Å². The van der Waals surface area contributed by atoms with Gasteiger partial charge in [-0.3, -0.25) is 9.69 Å². The lowest BCUT2D eigenvalue weighted by atomic mass is 9.89. The van der Waals surface area contributed by atoms with Crippen molar-refractivity contribution in [3.8, 4) is 11.5 Å². The fraction of sp³-hybridized carbons (Fsp3) is 0.364. The largest absolute Gasteiger partial charge is 0.496 e. The highest BCUT2D eigenvalue weighted by Gasteiger charge is 2.74. The summed E-state index contributed by atoms with van der Waals surface area (Å²) >= 11 is 0. The second-order valence-electron chi connectivity index (χ2n) is 8.03. The number of fused-ring (bicyclic) bond motifs is 1. The number of methoxy groups -OCH3 is 1. The number of hydrogen-bond acceptors (Lipinski definition) is 5. The van der Waals surface area contributed by atoms with Crippen molar-refractivity contribution in [2.45, 2.75) is 38.0 Å². The summed E-state index contributed by atoms with van der Waals surface area (Å²) in [6.45, 7) is 5.47. The molecule has 1 amide bonds. The van der Waals surface area contributed by atoms with Gasteiger partial charge < -0.3 is 14.2 Å². The number of para-hydroxylation sites is 2. The van der Waals surface area contributed by atoms with Gasteiger partial charge in [0.2, 0.25) is 0 Å². The minimum absolute atomic E-state index is 0.0742. The lowest BCUT2D eigenvalue weighted by Gasteiger charge is -2.26. The molecule has 146 valence electrons. The molecule has 2 atom stereocenters.